The molecule has 3 rings (SSSR count). The molecule has 1 aromatic rings. The largest absolute Gasteiger partial charge is 0.467 e. The highest BCUT2D eigenvalue weighted by atomic mass is 19.4. The van der Waals surface area contributed by atoms with E-state index in [1.807, 2.05) is 0 Å². The maximum absolute atomic E-state index is 12.1. The fourth-order valence-corrected chi connectivity index (χ4v) is 3.39. The monoisotopic (exact) mass is 333 g/mol. The van der Waals surface area contributed by atoms with Gasteiger partial charge in [-0.15, -0.1) is 5.10 Å². The molecule has 1 aliphatic heterocycles. The van der Waals surface area contributed by atoms with Crippen LogP contribution in [0.1, 0.15) is 31.7 Å². The Morgan fingerprint density at radius 2 is 1.78 bits per heavy atom. The lowest BCUT2D eigenvalue weighted by Crippen LogP contribution is -2.45. The van der Waals surface area contributed by atoms with Gasteiger partial charge >= 0.3 is 6.18 Å². The minimum Gasteiger partial charge on any atom is -0.467 e. The quantitative estimate of drug-likeness (QED) is 0.849. The minimum absolute atomic E-state index is 0.0395. The summed E-state index contributed by atoms with van der Waals surface area (Å²) >= 11 is 0. The van der Waals surface area contributed by atoms with E-state index in [0.29, 0.717) is 6.04 Å². The van der Waals surface area contributed by atoms with Crippen LogP contribution in [-0.4, -0.2) is 59.8 Å². The van der Waals surface area contributed by atoms with Crippen molar-refractivity contribution in [1.29, 1.82) is 0 Å². The van der Waals surface area contributed by atoms with Crippen LogP contribution in [0, 0.1) is 0 Å². The average molecular weight is 333 g/mol. The van der Waals surface area contributed by atoms with Crippen LogP contribution in [0.2, 0.25) is 0 Å². The summed E-state index contributed by atoms with van der Waals surface area (Å²) in [5.41, 5.74) is 0. The van der Waals surface area contributed by atoms with E-state index >= 15 is 0 Å². The van der Waals surface area contributed by atoms with Crippen molar-refractivity contribution in [3.63, 3.8) is 0 Å². The van der Waals surface area contributed by atoms with Gasteiger partial charge in [-0.3, -0.25) is 9.58 Å². The molecule has 0 N–H and O–H groups in total. The molecule has 0 amide bonds. The standard InChI is InChI=1S/C15H22F3N3O2/c16-15(17,18)11-23-14-5-6-21(19-14)13-3-1-12(2-4-13)20-7-9-22-10-8-20/h5-6,12-13H,1-4,7-11H2. The first-order valence-corrected chi connectivity index (χ1v) is 8.08. The zero-order valence-corrected chi connectivity index (χ0v) is 13.0. The van der Waals surface area contributed by atoms with Crippen molar-refractivity contribution in [2.24, 2.45) is 0 Å². The highest BCUT2D eigenvalue weighted by molar-refractivity contribution is 5.06. The molecule has 0 spiro atoms. The maximum Gasteiger partial charge on any atom is 0.422 e. The lowest BCUT2D eigenvalue weighted by molar-refractivity contribution is -0.154. The number of halogens is 3. The van der Waals surface area contributed by atoms with Gasteiger partial charge in [0.2, 0.25) is 5.88 Å². The van der Waals surface area contributed by atoms with Gasteiger partial charge in [-0.1, -0.05) is 0 Å². The zero-order valence-electron chi connectivity index (χ0n) is 13.0. The smallest absolute Gasteiger partial charge is 0.422 e. The molecule has 1 saturated carbocycles. The van der Waals surface area contributed by atoms with Gasteiger partial charge in [-0.2, -0.15) is 13.2 Å². The molecule has 0 bridgehead atoms. The van der Waals surface area contributed by atoms with Crippen LogP contribution in [0.4, 0.5) is 13.2 Å². The first kappa shape index (κ1) is 16.6. The van der Waals surface area contributed by atoms with E-state index in [1.54, 1.807) is 10.9 Å². The Balaban J connectivity index is 1.48. The van der Waals surface area contributed by atoms with Gasteiger partial charge < -0.3 is 9.47 Å². The fraction of sp³-hybridized carbons (Fsp3) is 0.800. The van der Waals surface area contributed by atoms with Crippen LogP contribution in [0.25, 0.3) is 0 Å². The molecule has 2 aliphatic rings. The molecule has 1 saturated heterocycles. The summed E-state index contributed by atoms with van der Waals surface area (Å²) < 4.78 is 48.3. The summed E-state index contributed by atoms with van der Waals surface area (Å²) in [4.78, 5) is 2.49. The Bertz CT molecular complexity index is 492. The Morgan fingerprint density at radius 1 is 1.13 bits per heavy atom. The number of hydrogen-bond acceptors (Lipinski definition) is 4. The van der Waals surface area contributed by atoms with E-state index in [1.165, 1.54) is 6.07 Å². The van der Waals surface area contributed by atoms with E-state index in [2.05, 4.69) is 14.7 Å². The molecule has 0 aromatic carbocycles. The molecule has 5 nitrogen and oxygen atoms in total. The first-order valence-electron chi connectivity index (χ1n) is 8.08. The Hall–Kier alpha value is -1.28. The number of rotatable bonds is 4. The van der Waals surface area contributed by atoms with Gasteiger partial charge in [0.1, 0.15) is 0 Å². The van der Waals surface area contributed by atoms with Gasteiger partial charge in [0.05, 0.1) is 19.3 Å². The molecule has 0 radical (unpaired) electrons. The molecule has 8 heteroatoms. The predicted octanol–water partition coefficient (Wildman–Crippen LogP) is 2.64. The molecule has 2 heterocycles. The number of ether oxygens (including phenoxy) is 2. The number of morpholine rings is 1. The average Bonchev–Trinajstić information content (AvgIpc) is 3.02. The summed E-state index contributed by atoms with van der Waals surface area (Å²) in [6, 6.07) is 2.34. The third kappa shape index (κ3) is 4.60. The van der Waals surface area contributed by atoms with Crippen molar-refractivity contribution in [2.75, 3.05) is 32.9 Å². The van der Waals surface area contributed by atoms with E-state index in [4.69, 9.17) is 4.74 Å². The first-order chi connectivity index (χ1) is 11.0. The molecule has 130 valence electrons. The van der Waals surface area contributed by atoms with Crippen LogP contribution in [0.5, 0.6) is 5.88 Å². The second kappa shape index (κ2) is 7.09. The summed E-state index contributed by atoms with van der Waals surface area (Å²) in [7, 11) is 0. The SMILES string of the molecule is FC(F)(F)COc1ccn(C2CCC(N3CCOCC3)CC2)n1. The van der Waals surface area contributed by atoms with Crippen molar-refractivity contribution >= 4 is 0 Å². The second-order valence-electron chi connectivity index (χ2n) is 6.15. The number of nitrogens with zero attached hydrogens (tertiary/aromatic N) is 3. The minimum atomic E-state index is -4.33. The van der Waals surface area contributed by atoms with Crippen LogP contribution >= 0.6 is 0 Å². The Kier molecular flexibility index (Phi) is 5.11. The molecular formula is C15H22F3N3O2. The van der Waals surface area contributed by atoms with Crippen LogP contribution in [0.3, 0.4) is 0 Å². The second-order valence-corrected chi connectivity index (χ2v) is 6.15. The third-order valence-corrected chi connectivity index (χ3v) is 4.57. The van der Waals surface area contributed by atoms with E-state index < -0.39 is 12.8 Å². The fourth-order valence-electron chi connectivity index (χ4n) is 3.39. The summed E-state index contributed by atoms with van der Waals surface area (Å²) in [5, 5.41) is 4.14. The number of alkyl halides is 3. The molecule has 2 fully saturated rings. The predicted molar refractivity (Wildman–Crippen MR) is 77.5 cm³/mol. The van der Waals surface area contributed by atoms with Crippen LogP contribution in [-0.2, 0) is 4.74 Å². The number of aromatic nitrogens is 2. The van der Waals surface area contributed by atoms with Crippen LogP contribution < -0.4 is 4.74 Å². The maximum atomic E-state index is 12.1. The zero-order chi connectivity index (χ0) is 16.3. The van der Waals surface area contributed by atoms with Gasteiger partial charge in [0.15, 0.2) is 6.61 Å². The molecular weight excluding hydrogens is 311 g/mol. The highest BCUT2D eigenvalue weighted by Gasteiger charge is 2.30. The van der Waals surface area contributed by atoms with E-state index in [9.17, 15) is 13.2 Å². The molecule has 23 heavy (non-hydrogen) atoms. The van der Waals surface area contributed by atoms with E-state index in [0.717, 1.165) is 52.0 Å². The van der Waals surface area contributed by atoms with Gasteiger partial charge in [-0.05, 0) is 25.7 Å². The van der Waals surface area contributed by atoms with Gasteiger partial charge in [0, 0.05) is 31.4 Å². The topological polar surface area (TPSA) is 39.5 Å². The van der Waals surface area contributed by atoms with Crippen molar-refractivity contribution < 1.29 is 22.6 Å². The summed E-state index contributed by atoms with van der Waals surface area (Å²) in [6.45, 7) is 2.30. The summed E-state index contributed by atoms with van der Waals surface area (Å²) in [6.07, 6.45) is 1.53. The van der Waals surface area contributed by atoms with Crippen molar-refractivity contribution in [2.45, 2.75) is 43.9 Å². The van der Waals surface area contributed by atoms with Crippen molar-refractivity contribution in [3.8, 4) is 5.88 Å². The lowest BCUT2D eigenvalue weighted by Gasteiger charge is -2.38. The molecule has 0 atom stereocenters. The third-order valence-electron chi connectivity index (χ3n) is 4.57. The Labute approximate surface area is 133 Å². The van der Waals surface area contributed by atoms with Gasteiger partial charge in [-0.25, -0.2) is 0 Å². The highest BCUT2D eigenvalue weighted by Crippen LogP contribution is 2.31. The normalized spacial score (nSPS) is 27.1. The lowest BCUT2D eigenvalue weighted by atomic mass is 9.90. The molecule has 1 aliphatic carbocycles. The van der Waals surface area contributed by atoms with Crippen molar-refractivity contribution in [1.82, 2.24) is 14.7 Å². The molecule has 0 unspecified atom stereocenters. The van der Waals surface area contributed by atoms with Gasteiger partial charge in [0.25, 0.3) is 0 Å². The molecule has 1 aromatic heterocycles. The van der Waals surface area contributed by atoms with E-state index in [-0.39, 0.29) is 11.9 Å². The Morgan fingerprint density at radius 3 is 2.43 bits per heavy atom. The summed E-state index contributed by atoms with van der Waals surface area (Å²) in [5.74, 6) is 0.0395. The van der Waals surface area contributed by atoms with Crippen molar-refractivity contribution in [3.05, 3.63) is 12.3 Å². The van der Waals surface area contributed by atoms with Crippen LogP contribution in [0.15, 0.2) is 12.3 Å². The number of hydrogen-bond donors (Lipinski definition) is 0.